The summed E-state index contributed by atoms with van der Waals surface area (Å²) >= 11 is 6.18. The van der Waals surface area contributed by atoms with Crippen molar-refractivity contribution in [3.8, 4) is 0 Å². The highest BCUT2D eigenvalue weighted by molar-refractivity contribution is 6.18. The number of ether oxygens (including phenoxy) is 3. The van der Waals surface area contributed by atoms with Crippen molar-refractivity contribution >= 4 is 29.4 Å². The topological polar surface area (TPSA) is 103 Å². The molecule has 0 aromatic carbocycles. The third-order valence-corrected chi connectivity index (χ3v) is 5.56. The highest BCUT2D eigenvalue weighted by atomic mass is 35.5. The van der Waals surface area contributed by atoms with E-state index in [2.05, 4.69) is 11.6 Å². The van der Waals surface area contributed by atoms with Gasteiger partial charge >= 0.3 is 11.9 Å². The smallest absolute Gasteiger partial charge is 0.306 e. The summed E-state index contributed by atoms with van der Waals surface area (Å²) in [5, 5.41) is 0. The maximum Gasteiger partial charge on any atom is 0.306 e. The molecule has 0 bridgehead atoms. The van der Waals surface area contributed by atoms with Crippen LogP contribution in [0, 0.1) is 0 Å². The lowest BCUT2D eigenvalue weighted by Crippen LogP contribution is -2.50. The quantitative estimate of drug-likeness (QED) is 0.374. The van der Waals surface area contributed by atoms with E-state index in [-0.39, 0.29) is 37.0 Å². The van der Waals surface area contributed by atoms with Crippen LogP contribution < -0.4 is 5.73 Å². The van der Waals surface area contributed by atoms with E-state index >= 15 is 4.39 Å². The van der Waals surface area contributed by atoms with Gasteiger partial charge in [0, 0.05) is 19.0 Å². The zero-order chi connectivity index (χ0) is 23.0. The minimum absolute atomic E-state index is 0.135. The number of rotatable bonds is 11. The van der Waals surface area contributed by atoms with Crippen LogP contribution >= 0.6 is 11.6 Å². The molecule has 0 aromatic rings. The van der Waals surface area contributed by atoms with Gasteiger partial charge in [-0.05, 0) is 18.9 Å². The van der Waals surface area contributed by atoms with E-state index in [1.165, 1.54) is 17.2 Å². The lowest BCUT2D eigenvalue weighted by atomic mass is 9.98. The number of amidine groups is 1. The van der Waals surface area contributed by atoms with Gasteiger partial charge in [0.15, 0.2) is 24.1 Å². The average Bonchev–Trinajstić information content (AvgIpc) is 3.01. The van der Waals surface area contributed by atoms with Crippen LogP contribution in [0.15, 0.2) is 29.7 Å². The van der Waals surface area contributed by atoms with E-state index < -0.39 is 36.0 Å². The number of carbonyl (C=O) groups excluding carboxylic acids is 2. The Morgan fingerprint density at radius 2 is 1.97 bits per heavy atom. The first-order valence-electron chi connectivity index (χ1n) is 10.5. The van der Waals surface area contributed by atoms with Crippen molar-refractivity contribution in [2.75, 3.05) is 12.5 Å². The number of carbonyl (C=O) groups is 2. The van der Waals surface area contributed by atoms with Crippen LogP contribution in [-0.2, 0) is 23.8 Å². The fourth-order valence-electron chi connectivity index (χ4n) is 3.29. The Kier molecular flexibility index (Phi) is 9.31. The van der Waals surface area contributed by atoms with Gasteiger partial charge in [0.2, 0.25) is 0 Å². The number of nitrogens with zero attached hydrogens (tertiary/aromatic N) is 2. The molecule has 0 spiro atoms. The number of hydrogen-bond acceptors (Lipinski definition) is 8. The van der Waals surface area contributed by atoms with Crippen molar-refractivity contribution in [2.24, 2.45) is 10.7 Å². The molecule has 10 heteroatoms. The number of hydrogen-bond donors (Lipinski definition) is 1. The van der Waals surface area contributed by atoms with Crippen LogP contribution in [0.2, 0.25) is 0 Å². The zero-order valence-corrected chi connectivity index (χ0v) is 18.8. The van der Waals surface area contributed by atoms with Crippen LogP contribution in [0.25, 0.3) is 0 Å². The summed E-state index contributed by atoms with van der Waals surface area (Å²) < 4.78 is 32.4. The summed E-state index contributed by atoms with van der Waals surface area (Å²) in [5.41, 5.74) is 4.09. The molecule has 0 aliphatic carbocycles. The Bertz CT molecular complexity index is 732. The van der Waals surface area contributed by atoms with Crippen molar-refractivity contribution in [3.63, 3.8) is 0 Å². The van der Waals surface area contributed by atoms with Crippen molar-refractivity contribution < 1.29 is 28.2 Å². The van der Waals surface area contributed by atoms with Crippen LogP contribution in [0.4, 0.5) is 4.39 Å². The van der Waals surface area contributed by atoms with E-state index in [1.807, 2.05) is 13.8 Å². The standard InChI is InChI=1S/C21H31ClFN3O5/c1-4-6-8-16(27)29-13-21(12-22)19(30-17(28)9-7-5-2)18(23)20(31-21)26-11-10-15(24)25-14(26)3/h10-11,18-20H,3-9,12-13H2,1-2H3,(H2,24,25)/t18-,19+,20-,21-/m1/s1. The molecule has 2 N–H and O–H groups in total. The van der Waals surface area contributed by atoms with E-state index in [1.54, 1.807) is 0 Å². The van der Waals surface area contributed by atoms with Gasteiger partial charge in [-0.3, -0.25) is 9.59 Å². The second-order valence-electron chi connectivity index (χ2n) is 7.61. The summed E-state index contributed by atoms with van der Waals surface area (Å²) in [6, 6.07) is 0. The lowest BCUT2D eigenvalue weighted by Gasteiger charge is -2.32. The molecular formula is C21H31ClFN3O5. The second kappa shape index (κ2) is 11.5. The second-order valence-corrected chi connectivity index (χ2v) is 7.87. The molecule has 0 unspecified atom stereocenters. The molecule has 8 nitrogen and oxygen atoms in total. The number of aliphatic imine (C=N–C) groups is 1. The minimum Gasteiger partial charge on any atom is -0.462 e. The molecule has 2 aliphatic rings. The van der Waals surface area contributed by atoms with Crippen LogP contribution in [0.1, 0.15) is 52.4 Å². The van der Waals surface area contributed by atoms with E-state index in [0.717, 1.165) is 12.8 Å². The number of halogens is 2. The molecule has 0 aromatic heterocycles. The van der Waals surface area contributed by atoms with Crippen molar-refractivity contribution in [1.29, 1.82) is 0 Å². The molecule has 0 radical (unpaired) electrons. The molecule has 4 atom stereocenters. The summed E-state index contributed by atoms with van der Waals surface area (Å²) in [4.78, 5) is 29.7. The molecule has 1 fully saturated rings. The average molecular weight is 460 g/mol. The molecule has 2 aliphatic heterocycles. The first kappa shape index (κ1) is 25.1. The maximum atomic E-state index is 15.6. The third kappa shape index (κ3) is 6.20. The predicted octanol–water partition coefficient (Wildman–Crippen LogP) is 3.15. The Hall–Kier alpha value is -2.13. The maximum absolute atomic E-state index is 15.6. The number of esters is 2. The molecule has 1 saturated heterocycles. The normalized spacial score (nSPS) is 27.9. The highest BCUT2D eigenvalue weighted by Gasteiger charge is 2.60. The van der Waals surface area contributed by atoms with Gasteiger partial charge in [0.1, 0.15) is 18.3 Å². The number of unbranched alkanes of at least 4 members (excludes halogenated alkanes) is 2. The fraction of sp³-hybridized carbons (Fsp3) is 0.667. The zero-order valence-electron chi connectivity index (χ0n) is 18.0. The summed E-state index contributed by atoms with van der Waals surface area (Å²) in [5.74, 6) is -0.906. The monoisotopic (exact) mass is 459 g/mol. The molecule has 2 rings (SSSR count). The van der Waals surface area contributed by atoms with Crippen molar-refractivity contribution in [1.82, 2.24) is 4.90 Å². The summed E-state index contributed by atoms with van der Waals surface area (Å²) in [6.45, 7) is 7.30. The van der Waals surface area contributed by atoms with E-state index in [9.17, 15) is 9.59 Å². The SMILES string of the molecule is C=C1N=C(N)C=CN1[C@@H]1O[C@](CCl)(COC(=O)CCCC)[C@@H](OC(=O)CCCC)[C@H]1F. The van der Waals surface area contributed by atoms with Gasteiger partial charge in [-0.15, -0.1) is 11.6 Å². The molecular weight excluding hydrogens is 429 g/mol. The van der Waals surface area contributed by atoms with Gasteiger partial charge in [-0.2, -0.15) is 0 Å². The fourth-order valence-corrected chi connectivity index (χ4v) is 3.59. The highest BCUT2D eigenvalue weighted by Crippen LogP contribution is 2.40. The van der Waals surface area contributed by atoms with Crippen LogP contribution in [0.3, 0.4) is 0 Å². The number of alkyl halides is 2. The molecule has 31 heavy (non-hydrogen) atoms. The van der Waals surface area contributed by atoms with Gasteiger partial charge in [-0.1, -0.05) is 33.3 Å². The van der Waals surface area contributed by atoms with Crippen LogP contribution in [0.5, 0.6) is 0 Å². The first-order valence-corrected chi connectivity index (χ1v) is 11.0. The minimum atomic E-state index is -1.80. The first-order chi connectivity index (χ1) is 14.8. The van der Waals surface area contributed by atoms with Crippen LogP contribution in [-0.4, -0.2) is 59.3 Å². The predicted molar refractivity (Wildman–Crippen MR) is 115 cm³/mol. The van der Waals surface area contributed by atoms with Gasteiger partial charge < -0.3 is 24.8 Å². The Balaban J connectivity index is 2.25. The van der Waals surface area contributed by atoms with Gasteiger partial charge in [-0.25, -0.2) is 9.38 Å². The van der Waals surface area contributed by atoms with E-state index in [4.69, 9.17) is 31.5 Å². The van der Waals surface area contributed by atoms with Gasteiger partial charge in [0.05, 0.1) is 5.88 Å². The van der Waals surface area contributed by atoms with E-state index in [0.29, 0.717) is 12.8 Å². The Morgan fingerprint density at radius 1 is 1.32 bits per heavy atom. The Morgan fingerprint density at radius 3 is 2.55 bits per heavy atom. The number of nitrogens with two attached hydrogens (primary N) is 1. The van der Waals surface area contributed by atoms with Crippen molar-refractivity contribution in [2.45, 2.75) is 76.5 Å². The van der Waals surface area contributed by atoms with Gasteiger partial charge in [0.25, 0.3) is 0 Å². The molecule has 0 amide bonds. The molecule has 2 heterocycles. The molecule has 174 valence electrons. The summed E-state index contributed by atoms with van der Waals surface area (Å²) in [7, 11) is 0. The largest absolute Gasteiger partial charge is 0.462 e. The Labute approximate surface area is 187 Å². The lowest BCUT2D eigenvalue weighted by molar-refractivity contribution is -0.174. The summed E-state index contributed by atoms with van der Waals surface area (Å²) in [6.07, 6.45) is 1.77. The molecule has 0 saturated carbocycles. The van der Waals surface area contributed by atoms with Crippen molar-refractivity contribution in [3.05, 3.63) is 24.7 Å². The third-order valence-electron chi connectivity index (χ3n) is 5.10.